The average Bonchev–Trinajstić information content (AvgIpc) is 2.83. The second-order valence-electron chi connectivity index (χ2n) is 4.13. The maximum absolute atomic E-state index is 11.7. The van der Waals surface area contributed by atoms with Crippen LogP contribution in [0.25, 0.3) is 0 Å². The Labute approximate surface area is 94.2 Å². The fraction of sp³-hybridized carbons (Fsp3) is 0.500. The summed E-state index contributed by atoms with van der Waals surface area (Å²) in [5.41, 5.74) is 0. The molecule has 84 valence electrons. The third-order valence-electron chi connectivity index (χ3n) is 2.99. The van der Waals surface area contributed by atoms with E-state index in [1.54, 1.807) is 12.1 Å². The number of carbonyl (C=O) groups excluding carboxylic acids is 1. The zero-order chi connectivity index (χ0) is 11.4. The van der Waals surface area contributed by atoms with Gasteiger partial charge in [0, 0.05) is 12.0 Å². The molecule has 1 heterocycles. The molecule has 2 rings (SSSR count). The average molecular weight is 218 g/mol. The van der Waals surface area contributed by atoms with Crippen molar-refractivity contribution < 1.29 is 9.21 Å². The van der Waals surface area contributed by atoms with Crippen LogP contribution in [-0.2, 0) is 0 Å². The number of amides is 1. The Kier molecular flexibility index (Phi) is 3.25. The molecule has 4 nitrogen and oxygen atoms in total. The van der Waals surface area contributed by atoms with Crippen molar-refractivity contribution in [1.29, 1.82) is 5.26 Å². The standard InChI is InChI=1S/C12H14N2O2/c13-8-9-3-5-10(6-4-9)14-12(15)11-2-1-7-16-11/h1-2,7,9-10H,3-6H2,(H,14,15). The van der Waals surface area contributed by atoms with E-state index < -0.39 is 0 Å². The number of nitrogens with zero attached hydrogens (tertiary/aromatic N) is 1. The lowest BCUT2D eigenvalue weighted by Gasteiger charge is -2.25. The molecule has 0 radical (unpaired) electrons. The van der Waals surface area contributed by atoms with Crippen LogP contribution in [-0.4, -0.2) is 11.9 Å². The lowest BCUT2D eigenvalue weighted by molar-refractivity contribution is 0.0897. The summed E-state index contributed by atoms with van der Waals surface area (Å²) in [7, 11) is 0. The van der Waals surface area contributed by atoms with Crippen LogP contribution in [0.5, 0.6) is 0 Å². The monoisotopic (exact) mass is 218 g/mol. The maximum Gasteiger partial charge on any atom is 0.287 e. The van der Waals surface area contributed by atoms with Gasteiger partial charge in [0.1, 0.15) is 0 Å². The van der Waals surface area contributed by atoms with E-state index >= 15 is 0 Å². The van der Waals surface area contributed by atoms with Crippen molar-refractivity contribution in [2.24, 2.45) is 5.92 Å². The molecule has 0 spiro atoms. The fourth-order valence-electron chi connectivity index (χ4n) is 2.03. The smallest absolute Gasteiger partial charge is 0.287 e. The van der Waals surface area contributed by atoms with Crippen molar-refractivity contribution in [3.05, 3.63) is 24.2 Å². The lowest BCUT2D eigenvalue weighted by atomic mass is 9.87. The number of nitriles is 1. The van der Waals surface area contributed by atoms with Crippen LogP contribution in [0, 0.1) is 17.2 Å². The zero-order valence-corrected chi connectivity index (χ0v) is 8.98. The summed E-state index contributed by atoms with van der Waals surface area (Å²) < 4.78 is 5.01. The molecular weight excluding hydrogens is 204 g/mol. The van der Waals surface area contributed by atoms with Gasteiger partial charge in [-0.25, -0.2) is 0 Å². The summed E-state index contributed by atoms with van der Waals surface area (Å²) in [6.45, 7) is 0. The van der Waals surface area contributed by atoms with Crippen molar-refractivity contribution in [2.45, 2.75) is 31.7 Å². The van der Waals surface area contributed by atoms with E-state index in [2.05, 4.69) is 11.4 Å². The molecule has 1 aliphatic rings. The largest absolute Gasteiger partial charge is 0.459 e. The molecule has 0 saturated heterocycles. The van der Waals surface area contributed by atoms with Crippen molar-refractivity contribution in [3.63, 3.8) is 0 Å². The van der Waals surface area contributed by atoms with Gasteiger partial charge >= 0.3 is 0 Å². The first kappa shape index (κ1) is 10.7. The van der Waals surface area contributed by atoms with Crippen molar-refractivity contribution >= 4 is 5.91 Å². The van der Waals surface area contributed by atoms with Gasteiger partial charge in [0.15, 0.2) is 5.76 Å². The van der Waals surface area contributed by atoms with E-state index in [0.717, 1.165) is 25.7 Å². The molecule has 16 heavy (non-hydrogen) atoms. The second kappa shape index (κ2) is 4.84. The third-order valence-corrected chi connectivity index (χ3v) is 2.99. The summed E-state index contributed by atoms with van der Waals surface area (Å²) in [4.78, 5) is 11.7. The van der Waals surface area contributed by atoms with Crippen LogP contribution in [0.1, 0.15) is 36.2 Å². The number of furan rings is 1. The van der Waals surface area contributed by atoms with Gasteiger partial charge in [0.2, 0.25) is 0 Å². The Hall–Kier alpha value is -1.76. The number of nitrogens with one attached hydrogen (secondary N) is 1. The third kappa shape index (κ3) is 2.43. The number of hydrogen-bond donors (Lipinski definition) is 1. The van der Waals surface area contributed by atoms with E-state index in [9.17, 15) is 4.79 Å². The minimum Gasteiger partial charge on any atom is -0.459 e. The molecule has 1 amide bonds. The van der Waals surface area contributed by atoms with Gasteiger partial charge in [0.05, 0.1) is 12.3 Å². The SMILES string of the molecule is N#CC1CCC(NC(=O)c2ccco2)CC1. The van der Waals surface area contributed by atoms with Gasteiger partial charge < -0.3 is 9.73 Å². The van der Waals surface area contributed by atoms with Crippen LogP contribution >= 0.6 is 0 Å². The zero-order valence-electron chi connectivity index (χ0n) is 8.98. The van der Waals surface area contributed by atoms with Crippen LogP contribution in [0.3, 0.4) is 0 Å². The van der Waals surface area contributed by atoms with E-state index in [1.807, 2.05) is 0 Å². The predicted octanol–water partition coefficient (Wildman–Crippen LogP) is 2.09. The molecule has 1 N–H and O–H groups in total. The Morgan fingerprint density at radius 1 is 1.44 bits per heavy atom. The highest BCUT2D eigenvalue weighted by Gasteiger charge is 2.22. The van der Waals surface area contributed by atoms with Gasteiger partial charge in [-0.2, -0.15) is 5.26 Å². The number of hydrogen-bond acceptors (Lipinski definition) is 3. The van der Waals surface area contributed by atoms with E-state index in [1.165, 1.54) is 6.26 Å². The molecule has 1 saturated carbocycles. The molecule has 1 aromatic rings. The van der Waals surface area contributed by atoms with E-state index in [0.29, 0.717) is 5.76 Å². The Morgan fingerprint density at radius 2 is 2.19 bits per heavy atom. The molecular formula is C12H14N2O2. The maximum atomic E-state index is 11.7. The highest BCUT2D eigenvalue weighted by atomic mass is 16.3. The van der Waals surface area contributed by atoms with Gasteiger partial charge in [0.25, 0.3) is 5.91 Å². The molecule has 0 unspecified atom stereocenters. The molecule has 1 aliphatic carbocycles. The lowest BCUT2D eigenvalue weighted by Crippen LogP contribution is -2.37. The van der Waals surface area contributed by atoms with Crippen LogP contribution in [0.15, 0.2) is 22.8 Å². The summed E-state index contributed by atoms with van der Waals surface area (Å²) in [6.07, 6.45) is 5.00. The Morgan fingerprint density at radius 3 is 2.75 bits per heavy atom. The molecule has 0 aromatic carbocycles. The molecule has 0 bridgehead atoms. The quantitative estimate of drug-likeness (QED) is 0.826. The van der Waals surface area contributed by atoms with Crippen LogP contribution in [0.4, 0.5) is 0 Å². The first-order chi connectivity index (χ1) is 7.79. The molecule has 1 fully saturated rings. The van der Waals surface area contributed by atoms with Gasteiger partial charge in [-0.1, -0.05) is 0 Å². The molecule has 1 aromatic heterocycles. The highest BCUT2D eigenvalue weighted by molar-refractivity contribution is 5.91. The molecule has 0 atom stereocenters. The van der Waals surface area contributed by atoms with Gasteiger partial charge in [-0.3, -0.25) is 4.79 Å². The van der Waals surface area contributed by atoms with Gasteiger partial charge in [-0.15, -0.1) is 0 Å². The van der Waals surface area contributed by atoms with Crippen molar-refractivity contribution in [3.8, 4) is 6.07 Å². The number of rotatable bonds is 2. The summed E-state index contributed by atoms with van der Waals surface area (Å²) in [6, 6.07) is 5.80. The highest BCUT2D eigenvalue weighted by Crippen LogP contribution is 2.23. The minimum absolute atomic E-state index is 0.162. The number of carbonyl (C=O) groups is 1. The summed E-state index contributed by atoms with van der Waals surface area (Å²) in [5.74, 6) is 0.351. The Balaban J connectivity index is 1.84. The summed E-state index contributed by atoms with van der Waals surface area (Å²) >= 11 is 0. The van der Waals surface area contributed by atoms with Gasteiger partial charge in [-0.05, 0) is 37.8 Å². The first-order valence-corrected chi connectivity index (χ1v) is 5.53. The summed E-state index contributed by atoms with van der Waals surface area (Å²) in [5, 5.41) is 11.7. The minimum atomic E-state index is -0.162. The predicted molar refractivity (Wildman–Crippen MR) is 57.5 cm³/mol. The topological polar surface area (TPSA) is 66.0 Å². The van der Waals surface area contributed by atoms with E-state index in [-0.39, 0.29) is 17.9 Å². The second-order valence-corrected chi connectivity index (χ2v) is 4.13. The van der Waals surface area contributed by atoms with Crippen LogP contribution < -0.4 is 5.32 Å². The van der Waals surface area contributed by atoms with E-state index in [4.69, 9.17) is 9.68 Å². The van der Waals surface area contributed by atoms with Crippen molar-refractivity contribution in [1.82, 2.24) is 5.32 Å². The normalized spacial score (nSPS) is 24.7. The molecule has 4 heteroatoms. The first-order valence-electron chi connectivity index (χ1n) is 5.53. The van der Waals surface area contributed by atoms with Crippen molar-refractivity contribution in [2.75, 3.05) is 0 Å². The molecule has 0 aliphatic heterocycles. The Bertz CT molecular complexity index is 384. The fourth-order valence-corrected chi connectivity index (χ4v) is 2.03. The van der Waals surface area contributed by atoms with Crippen LogP contribution in [0.2, 0.25) is 0 Å².